The minimum absolute atomic E-state index is 0.990. The SMILES string of the molecule is Brc1cccc2c1CNCCS2. The summed E-state index contributed by atoms with van der Waals surface area (Å²) < 4.78 is 1.22. The van der Waals surface area contributed by atoms with E-state index < -0.39 is 0 Å². The van der Waals surface area contributed by atoms with E-state index in [4.69, 9.17) is 0 Å². The van der Waals surface area contributed by atoms with Crippen molar-refractivity contribution in [2.24, 2.45) is 0 Å². The monoisotopic (exact) mass is 243 g/mol. The third-order valence-electron chi connectivity index (χ3n) is 1.91. The average Bonchev–Trinajstić information content (AvgIpc) is 2.30. The number of rotatable bonds is 0. The van der Waals surface area contributed by atoms with E-state index in [-0.39, 0.29) is 0 Å². The van der Waals surface area contributed by atoms with Crippen LogP contribution in [0.15, 0.2) is 27.6 Å². The van der Waals surface area contributed by atoms with Gasteiger partial charge in [0.15, 0.2) is 0 Å². The zero-order valence-electron chi connectivity index (χ0n) is 6.64. The standard InChI is InChI=1S/C9H10BrNS/c10-8-2-1-3-9-7(8)6-11-4-5-12-9/h1-3,11H,4-6H2. The Balaban J connectivity index is 2.42. The third kappa shape index (κ3) is 1.68. The molecule has 1 aromatic rings. The molecule has 0 spiro atoms. The van der Waals surface area contributed by atoms with Crippen LogP contribution < -0.4 is 5.32 Å². The summed E-state index contributed by atoms with van der Waals surface area (Å²) in [6, 6.07) is 6.39. The van der Waals surface area contributed by atoms with Crippen LogP contribution in [0, 0.1) is 0 Å². The second kappa shape index (κ2) is 3.81. The molecule has 0 unspecified atom stereocenters. The smallest absolute Gasteiger partial charge is 0.0231 e. The van der Waals surface area contributed by atoms with Crippen molar-refractivity contribution in [2.75, 3.05) is 12.3 Å². The molecule has 64 valence electrons. The van der Waals surface area contributed by atoms with Crippen LogP contribution in [0.25, 0.3) is 0 Å². The van der Waals surface area contributed by atoms with E-state index in [1.165, 1.54) is 20.7 Å². The van der Waals surface area contributed by atoms with Crippen molar-refractivity contribution in [2.45, 2.75) is 11.4 Å². The first-order valence-corrected chi connectivity index (χ1v) is 5.77. The summed E-state index contributed by atoms with van der Waals surface area (Å²) in [4.78, 5) is 1.41. The van der Waals surface area contributed by atoms with Gasteiger partial charge in [0, 0.05) is 28.2 Å². The van der Waals surface area contributed by atoms with Gasteiger partial charge in [0.2, 0.25) is 0 Å². The Morgan fingerprint density at radius 1 is 1.42 bits per heavy atom. The molecule has 0 bridgehead atoms. The number of hydrogen-bond acceptors (Lipinski definition) is 2. The highest BCUT2D eigenvalue weighted by Gasteiger charge is 2.09. The molecule has 0 saturated carbocycles. The summed E-state index contributed by atoms with van der Waals surface area (Å²) in [5.41, 5.74) is 1.40. The van der Waals surface area contributed by atoms with E-state index in [1.807, 2.05) is 11.8 Å². The lowest BCUT2D eigenvalue weighted by Gasteiger charge is -2.05. The van der Waals surface area contributed by atoms with Crippen LogP contribution in [0.3, 0.4) is 0 Å². The number of nitrogens with one attached hydrogen (secondary N) is 1. The minimum atomic E-state index is 0.990. The molecule has 0 radical (unpaired) electrons. The Morgan fingerprint density at radius 3 is 3.25 bits per heavy atom. The lowest BCUT2D eigenvalue weighted by molar-refractivity contribution is 0.729. The van der Waals surface area contributed by atoms with Gasteiger partial charge in [-0.15, -0.1) is 11.8 Å². The molecular formula is C9H10BrNS. The molecule has 1 heterocycles. The molecule has 0 fully saturated rings. The average molecular weight is 244 g/mol. The molecule has 0 saturated heterocycles. The topological polar surface area (TPSA) is 12.0 Å². The Bertz CT molecular complexity index is 288. The predicted octanol–water partition coefficient (Wildman–Crippen LogP) is 2.64. The van der Waals surface area contributed by atoms with Gasteiger partial charge in [0.25, 0.3) is 0 Å². The van der Waals surface area contributed by atoms with Crippen LogP contribution in [0.4, 0.5) is 0 Å². The molecule has 1 aliphatic heterocycles. The zero-order valence-corrected chi connectivity index (χ0v) is 9.04. The molecule has 3 heteroatoms. The number of benzene rings is 1. The predicted molar refractivity (Wildman–Crippen MR) is 56.6 cm³/mol. The third-order valence-corrected chi connectivity index (χ3v) is 3.76. The van der Waals surface area contributed by atoms with Crippen molar-refractivity contribution in [3.63, 3.8) is 0 Å². The fourth-order valence-corrected chi connectivity index (χ4v) is 2.93. The zero-order chi connectivity index (χ0) is 8.39. The van der Waals surface area contributed by atoms with Gasteiger partial charge < -0.3 is 5.32 Å². The highest BCUT2D eigenvalue weighted by Crippen LogP contribution is 2.29. The molecule has 12 heavy (non-hydrogen) atoms. The van der Waals surface area contributed by atoms with Gasteiger partial charge >= 0.3 is 0 Å². The van der Waals surface area contributed by atoms with Crippen LogP contribution in [0.2, 0.25) is 0 Å². The summed E-state index contributed by atoms with van der Waals surface area (Å²) in [6.07, 6.45) is 0. The van der Waals surface area contributed by atoms with E-state index in [2.05, 4.69) is 39.4 Å². The van der Waals surface area contributed by atoms with Crippen molar-refractivity contribution in [3.05, 3.63) is 28.2 Å². The van der Waals surface area contributed by atoms with Gasteiger partial charge in [-0.1, -0.05) is 22.0 Å². The van der Waals surface area contributed by atoms with Gasteiger partial charge in [-0.25, -0.2) is 0 Å². The van der Waals surface area contributed by atoms with Crippen molar-refractivity contribution in [1.29, 1.82) is 0 Å². The first-order chi connectivity index (χ1) is 5.88. The Labute approximate surface area is 85.1 Å². The lowest BCUT2D eigenvalue weighted by atomic mass is 10.2. The summed E-state index contributed by atoms with van der Waals surface area (Å²) >= 11 is 5.49. The van der Waals surface area contributed by atoms with E-state index in [1.54, 1.807) is 0 Å². The molecule has 1 nitrogen and oxygen atoms in total. The fraction of sp³-hybridized carbons (Fsp3) is 0.333. The van der Waals surface area contributed by atoms with E-state index in [9.17, 15) is 0 Å². The van der Waals surface area contributed by atoms with Gasteiger partial charge in [0.1, 0.15) is 0 Å². The van der Waals surface area contributed by atoms with Gasteiger partial charge in [-0.05, 0) is 17.7 Å². The Morgan fingerprint density at radius 2 is 2.33 bits per heavy atom. The molecule has 1 aromatic carbocycles. The molecule has 0 aromatic heterocycles. The van der Waals surface area contributed by atoms with E-state index in [0.29, 0.717) is 0 Å². The molecule has 2 rings (SSSR count). The van der Waals surface area contributed by atoms with Crippen LogP contribution in [0.1, 0.15) is 5.56 Å². The molecule has 1 aliphatic rings. The Kier molecular flexibility index (Phi) is 2.73. The quantitative estimate of drug-likeness (QED) is 0.753. The van der Waals surface area contributed by atoms with Gasteiger partial charge in [-0.2, -0.15) is 0 Å². The van der Waals surface area contributed by atoms with Crippen LogP contribution in [-0.4, -0.2) is 12.3 Å². The molecule has 0 aliphatic carbocycles. The molecule has 1 N–H and O–H groups in total. The van der Waals surface area contributed by atoms with Crippen molar-refractivity contribution in [3.8, 4) is 0 Å². The Hall–Kier alpha value is 0.01000. The highest BCUT2D eigenvalue weighted by atomic mass is 79.9. The molecule has 0 atom stereocenters. The van der Waals surface area contributed by atoms with E-state index >= 15 is 0 Å². The number of hydrogen-bond donors (Lipinski definition) is 1. The maximum absolute atomic E-state index is 3.56. The second-order valence-corrected chi connectivity index (χ2v) is 4.73. The van der Waals surface area contributed by atoms with Crippen LogP contribution in [0.5, 0.6) is 0 Å². The highest BCUT2D eigenvalue weighted by molar-refractivity contribution is 9.10. The number of halogens is 1. The van der Waals surface area contributed by atoms with Crippen molar-refractivity contribution in [1.82, 2.24) is 5.32 Å². The second-order valence-electron chi connectivity index (χ2n) is 2.74. The summed E-state index contributed by atoms with van der Waals surface area (Å²) in [5, 5.41) is 3.39. The van der Waals surface area contributed by atoms with Crippen molar-refractivity contribution >= 4 is 27.7 Å². The fourth-order valence-electron chi connectivity index (χ4n) is 1.29. The normalized spacial score (nSPS) is 16.8. The summed E-state index contributed by atoms with van der Waals surface area (Å²) in [6.45, 7) is 2.09. The maximum atomic E-state index is 3.56. The number of thioether (sulfide) groups is 1. The molecule has 0 amide bonds. The van der Waals surface area contributed by atoms with Gasteiger partial charge in [0.05, 0.1) is 0 Å². The summed E-state index contributed by atoms with van der Waals surface area (Å²) in [5.74, 6) is 1.17. The molecular weight excluding hydrogens is 234 g/mol. The van der Waals surface area contributed by atoms with Crippen LogP contribution in [-0.2, 0) is 6.54 Å². The summed E-state index contributed by atoms with van der Waals surface area (Å²) in [7, 11) is 0. The number of fused-ring (bicyclic) bond motifs is 1. The largest absolute Gasteiger partial charge is 0.312 e. The lowest BCUT2D eigenvalue weighted by Crippen LogP contribution is -2.14. The van der Waals surface area contributed by atoms with Gasteiger partial charge in [-0.3, -0.25) is 0 Å². The van der Waals surface area contributed by atoms with E-state index in [0.717, 1.165) is 13.1 Å². The van der Waals surface area contributed by atoms with Crippen LogP contribution >= 0.6 is 27.7 Å². The van der Waals surface area contributed by atoms with Crippen molar-refractivity contribution < 1.29 is 0 Å². The minimum Gasteiger partial charge on any atom is -0.312 e. The first kappa shape index (κ1) is 8.60. The first-order valence-electron chi connectivity index (χ1n) is 3.99. The maximum Gasteiger partial charge on any atom is 0.0231 e.